The SMILES string of the molecule is COc1ccccc1NC(=O)N[C@H]1CCC[C@H](OCC(F)(F)F)C1. The van der Waals surface area contributed by atoms with Crippen molar-refractivity contribution in [3.8, 4) is 5.75 Å². The summed E-state index contributed by atoms with van der Waals surface area (Å²) in [4.78, 5) is 12.1. The standard InChI is InChI=1S/C16H21F3N2O3/c1-23-14-8-3-2-7-13(14)21-15(22)20-11-5-4-6-12(9-11)24-10-16(17,18)19/h2-3,7-8,11-12H,4-6,9-10H2,1H3,(H2,20,21,22)/t11-,12-/m0/s1. The van der Waals surface area contributed by atoms with E-state index in [1.54, 1.807) is 24.3 Å². The number of carbonyl (C=O) groups excluding carboxylic acids is 1. The average molecular weight is 346 g/mol. The van der Waals surface area contributed by atoms with Gasteiger partial charge >= 0.3 is 12.2 Å². The maximum Gasteiger partial charge on any atom is 0.411 e. The topological polar surface area (TPSA) is 59.6 Å². The van der Waals surface area contributed by atoms with Crippen LogP contribution in [0.15, 0.2) is 24.3 Å². The molecule has 2 N–H and O–H groups in total. The number of nitrogens with one attached hydrogen (secondary N) is 2. The van der Waals surface area contributed by atoms with Gasteiger partial charge < -0.3 is 20.1 Å². The summed E-state index contributed by atoms with van der Waals surface area (Å²) in [5.41, 5.74) is 0.526. The highest BCUT2D eigenvalue weighted by atomic mass is 19.4. The summed E-state index contributed by atoms with van der Waals surface area (Å²) in [5.74, 6) is 0.530. The van der Waals surface area contributed by atoms with E-state index in [-0.39, 0.29) is 6.04 Å². The van der Waals surface area contributed by atoms with Gasteiger partial charge in [0.2, 0.25) is 0 Å². The van der Waals surface area contributed by atoms with Crippen LogP contribution in [0.2, 0.25) is 0 Å². The van der Waals surface area contributed by atoms with Gasteiger partial charge in [-0.15, -0.1) is 0 Å². The van der Waals surface area contributed by atoms with Gasteiger partial charge in [-0.2, -0.15) is 13.2 Å². The molecule has 134 valence electrons. The van der Waals surface area contributed by atoms with Crippen LogP contribution in [0.5, 0.6) is 5.75 Å². The average Bonchev–Trinajstić information content (AvgIpc) is 2.53. The number of anilines is 1. The Morgan fingerprint density at radius 3 is 2.75 bits per heavy atom. The lowest BCUT2D eigenvalue weighted by Gasteiger charge is -2.30. The van der Waals surface area contributed by atoms with Crippen molar-refractivity contribution in [2.45, 2.75) is 44.0 Å². The summed E-state index contributed by atoms with van der Waals surface area (Å²) in [5, 5.41) is 5.46. The third kappa shape index (κ3) is 5.92. The van der Waals surface area contributed by atoms with Crippen molar-refractivity contribution in [1.29, 1.82) is 0 Å². The van der Waals surface area contributed by atoms with Crippen molar-refractivity contribution < 1.29 is 27.4 Å². The zero-order valence-electron chi connectivity index (χ0n) is 13.4. The van der Waals surface area contributed by atoms with Crippen molar-refractivity contribution in [2.24, 2.45) is 0 Å². The van der Waals surface area contributed by atoms with E-state index in [0.717, 1.165) is 0 Å². The molecule has 0 bridgehead atoms. The molecular formula is C16H21F3N2O3. The molecule has 1 aromatic rings. The van der Waals surface area contributed by atoms with E-state index in [2.05, 4.69) is 10.6 Å². The molecule has 0 heterocycles. The molecule has 1 aromatic carbocycles. The Morgan fingerprint density at radius 2 is 2.04 bits per heavy atom. The van der Waals surface area contributed by atoms with Crippen LogP contribution in [0.3, 0.4) is 0 Å². The first-order chi connectivity index (χ1) is 11.4. The highest BCUT2D eigenvalue weighted by Gasteiger charge is 2.31. The molecule has 0 aromatic heterocycles. The number of hydrogen-bond acceptors (Lipinski definition) is 3. The lowest BCUT2D eigenvalue weighted by molar-refractivity contribution is -0.188. The minimum Gasteiger partial charge on any atom is -0.495 e. The fraction of sp³-hybridized carbons (Fsp3) is 0.562. The first-order valence-corrected chi connectivity index (χ1v) is 7.76. The number of amides is 2. The van der Waals surface area contributed by atoms with E-state index < -0.39 is 24.9 Å². The number of methoxy groups -OCH3 is 1. The second-order valence-electron chi connectivity index (χ2n) is 5.71. The van der Waals surface area contributed by atoms with E-state index in [1.165, 1.54) is 7.11 Å². The van der Waals surface area contributed by atoms with Gasteiger partial charge in [-0.1, -0.05) is 12.1 Å². The number of benzene rings is 1. The number of halogens is 3. The molecule has 2 amide bonds. The van der Waals surface area contributed by atoms with Crippen LogP contribution in [-0.4, -0.2) is 38.1 Å². The predicted octanol–water partition coefficient (Wildman–Crippen LogP) is 3.71. The van der Waals surface area contributed by atoms with Crippen LogP contribution in [0.4, 0.5) is 23.7 Å². The van der Waals surface area contributed by atoms with Crippen LogP contribution in [0.25, 0.3) is 0 Å². The lowest BCUT2D eigenvalue weighted by atomic mass is 9.93. The summed E-state index contributed by atoms with van der Waals surface area (Å²) < 4.78 is 46.7. The molecule has 8 heteroatoms. The largest absolute Gasteiger partial charge is 0.495 e. The minimum atomic E-state index is -4.33. The van der Waals surface area contributed by atoms with E-state index in [1.807, 2.05) is 0 Å². The summed E-state index contributed by atoms with van der Waals surface area (Å²) in [6.45, 7) is -1.25. The van der Waals surface area contributed by atoms with Crippen molar-refractivity contribution in [3.63, 3.8) is 0 Å². The third-order valence-electron chi connectivity index (χ3n) is 3.80. The second-order valence-corrected chi connectivity index (χ2v) is 5.71. The number of hydrogen-bond donors (Lipinski definition) is 2. The summed E-state index contributed by atoms with van der Waals surface area (Å²) in [7, 11) is 1.50. The Hall–Kier alpha value is -1.96. The van der Waals surface area contributed by atoms with Gasteiger partial charge in [0, 0.05) is 6.04 Å². The molecule has 1 saturated carbocycles. The molecule has 2 rings (SSSR count). The van der Waals surface area contributed by atoms with Crippen LogP contribution < -0.4 is 15.4 Å². The maximum atomic E-state index is 12.2. The van der Waals surface area contributed by atoms with E-state index in [4.69, 9.17) is 9.47 Å². The van der Waals surface area contributed by atoms with E-state index >= 15 is 0 Å². The molecular weight excluding hydrogens is 325 g/mol. The number of ether oxygens (including phenoxy) is 2. The Labute approximate surface area is 138 Å². The number of carbonyl (C=O) groups is 1. The minimum absolute atomic E-state index is 0.216. The quantitative estimate of drug-likeness (QED) is 0.854. The van der Waals surface area contributed by atoms with Gasteiger partial charge in [0.1, 0.15) is 12.4 Å². The number of urea groups is 1. The van der Waals surface area contributed by atoms with Gasteiger partial charge in [0.15, 0.2) is 0 Å². The van der Waals surface area contributed by atoms with Crippen molar-refractivity contribution >= 4 is 11.7 Å². The summed E-state index contributed by atoms with van der Waals surface area (Å²) >= 11 is 0. The first kappa shape index (κ1) is 18.4. The van der Waals surface area contributed by atoms with E-state index in [9.17, 15) is 18.0 Å². The molecule has 2 atom stereocenters. The Balaban J connectivity index is 1.83. The second kappa shape index (κ2) is 8.23. The Morgan fingerprint density at radius 1 is 1.29 bits per heavy atom. The molecule has 0 unspecified atom stereocenters. The van der Waals surface area contributed by atoms with Crippen LogP contribution in [0, 0.1) is 0 Å². The number of para-hydroxylation sites is 2. The molecule has 0 aliphatic heterocycles. The van der Waals surface area contributed by atoms with Crippen LogP contribution >= 0.6 is 0 Å². The molecule has 1 aliphatic rings. The molecule has 1 fully saturated rings. The van der Waals surface area contributed by atoms with E-state index in [0.29, 0.717) is 37.1 Å². The number of alkyl halides is 3. The third-order valence-corrected chi connectivity index (χ3v) is 3.80. The summed E-state index contributed by atoms with van der Waals surface area (Å²) in [6, 6.07) is 6.34. The van der Waals surface area contributed by atoms with Gasteiger partial charge in [0.05, 0.1) is 18.9 Å². The van der Waals surface area contributed by atoms with Crippen LogP contribution in [-0.2, 0) is 4.74 Å². The normalized spacial score (nSPS) is 21.2. The molecule has 0 saturated heterocycles. The predicted molar refractivity (Wildman–Crippen MR) is 83.2 cm³/mol. The molecule has 24 heavy (non-hydrogen) atoms. The molecule has 1 aliphatic carbocycles. The fourth-order valence-corrected chi connectivity index (χ4v) is 2.73. The van der Waals surface area contributed by atoms with Crippen molar-refractivity contribution in [3.05, 3.63) is 24.3 Å². The lowest BCUT2D eigenvalue weighted by Crippen LogP contribution is -2.43. The van der Waals surface area contributed by atoms with Gasteiger partial charge in [-0.3, -0.25) is 0 Å². The fourth-order valence-electron chi connectivity index (χ4n) is 2.73. The van der Waals surface area contributed by atoms with Crippen LogP contribution in [0.1, 0.15) is 25.7 Å². The first-order valence-electron chi connectivity index (χ1n) is 7.76. The van der Waals surface area contributed by atoms with Gasteiger partial charge in [0.25, 0.3) is 0 Å². The highest BCUT2D eigenvalue weighted by Crippen LogP contribution is 2.25. The highest BCUT2D eigenvalue weighted by molar-refractivity contribution is 5.91. The molecule has 0 radical (unpaired) electrons. The number of rotatable bonds is 5. The maximum absolute atomic E-state index is 12.2. The van der Waals surface area contributed by atoms with Gasteiger partial charge in [-0.25, -0.2) is 4.79 Å². The monoisotopic (exact) mass is 346 g/mol. The molecule has 0 spiro atoms. The Bertz CT molecular complexity index is 552. The zero-order valence-corrected chi connectivity index (χ0v) is 13.4. The Kier molecular flexibility index (Phi) is 6.30. The molecule has 5 nitrogen and oxygen atoms in total. The zero-order chi connectivity index (χ0) is 17.6. The van der Waals surface area contributed by atoms with Crippen molar-refractivity contribution in [1.82, 2.24) is 5.32 Å². The summed E-state index contributed by atoms with van der Waals surface area (Å²) in [6.07, 6.45) is -2.45. The van der Waals surface area contributed by atoms with Crippen molar-refractivity contribution in [2.75, 3.05) is 19.0 Å². The van der Waals surface area contributed by atoms with Gasteiger partial charge in [-0.05, 0) is 37.8 Å². The smallest absolute Gasteiger partial charge is 0.411 e.